The molecule has 0 bridgehead atoms. The maximum Gasteiger partial charge on any atom is 0.320 e. The molecule has 1 atom stereocenters. The minimum atomic E-state index is -1.05. The normalized spacial score (nSPS) is 12.2. The van der Waals surface area contributed by atoms with Gasteiger partial charge in [-0.1, -0.05) is 0 Å². The van der Waals surface area contributed by atoms with E-state index in [0.29, 0.717) is 15.9 Å². The van der Waals surface area contributed by atoms with Crippen LogP contribution < -0.4 is 10.5 Å². The van der Waals surface area contributed by atoms with Gasteiger partial charge in [-0.3, -0.25) is 4.79 Å². The Morgan fingerprint density at radius 1 is 1.80 bits per heavy atom. The predicted octanol–water partition coefficient (Wildman–Crippen LogP) is 0.807. The van der Waals surface area contributed by atoms with Crippen molar-refractivity contribution < 1.29 is 14.6 Å². The van der Waals surface area contributed by atoms with Crippen molar-refractivity contribution in [3.8, 4) is 5.75 Å². The van der Waals surface area contributed by atoms with Crippen LogP contribution in [0.5, 0.6) is 5.75 Å². The van der Waals surface area contributed by atoms with E-state index in [0.717, 1.165) is 0 Å². The highest BCUT2D eigenvalue weighted by molar-refractivity contribution is 9.10. The van der Waals surface area contributed by atoms with E-state index in [1.807, 2.05) is 0 Å². The fourth-order valence-electron chi connectivity index (χ4n) is 1.13. The summed E-state index contributed by atoms with van der Waals surface area (Å²) < 4.78 is 5.64. The van der Waals surface area contributed by atoms with Crippen molar-refractivity contribution in [1.29, 1.82) is 0 Å². The molecule has 1 heterocycles. The summed E-state index contributed by atoms with van der Waals surface area (Å²) in [6.45, 7) is 0. The number of aliphatic carboxylic acids is 1. The Morgan fingerprint density at radius 2 is 2.47 bits per heavy atom. The number of hydrogen-bond acceptors (Lipinski definition) is 4. The molecule has 15 heavy (non-hydrogen) atoms. The largest absolute Gasteiger partial charge is 0.496 e. The molecule has 0 aliphatic heterocycles. The lowest BCUT2D eigenvalue weighted by Crippen LogP contribution is -2.32. The van der Waals surface area contributed by atoms with Crippen LogP contribution >= 0.6 is 15.9 Å². The molecule has 82 valence electrons. The number of nitrogens with two attached hydrogens (primary N) is 1. The number of carboxylic acid groups (broad SMARTS) is 1. The average molecular weight is 275 g/mol. The van der Waals surface area contributed by atoms with Gasteiger partial charge in [-0.2, -0.15) is 0 Å². The van der Waals surface area contributed by atoms with E-state index < -0.39 is 12.0 Å². The van der Waals surface area contributed by atoms with Crippen molar-refractivity contribution in [3.63, 3.8) is 0 Å². The highest BCUT2D eigenvalue weighted by Crippen LogP contribution is 2.25. The Hall–Kier alpha value is -1.14. The van der Waals surface area contributed by atoms with E-state index in [9.17, 15) is 4.79 Å². The number of methoxy groups -OCH3 is 1. The molecule has 0 aliphatic rings. The van der Waals surface area contributed by atoms with Crippen LogP contribution in [0.15, 0.2) is 16.9 Å². The lowest BCUT2D eigenvalue weighted by atomic mass is 10.1. The van der Waals surface area contributed by atoms with Crippen molar-refractivity contribution >= 4 is 21.9 Å². The Kier molecular flexibility index (Phi) is 4.05. The summed E-state index contributed by atoms with van der Waals surface area (Å²) in [4.78, 5) is 14.6. The summed E-state index contributed by atoms with van der Waals surface area (Å²) in [6.07, 6.45) is 1.74. The lowest BCUT2D eigenvalue weighted by Gasteiger charge is -2.11. The van der Waals surface area contributed by atoms with Crippen LogP contribution in [0.25, 0.3) is 0 Å². The van der Waals surface area contributed by atoms with Crippen LogP contribution in [0, 0.1) is 0 Å². The number of carbonyl (C=O) groups is 1. The zero-order valence-corrected chi connectivity index (χ0v) is 9.69. The summed E-state index contributed by atoms with van der Waals surface area (Å²) in [7, 11) is 1.51. The molecule has 3 N–H and O–H groups in total. The van der Waals surface area contributed by atoms with Gasteiger partial charge in [0.2, 0.25) is 0 Å². The smallest absolute Gasteiger partial charge is 0.320 e. The zero-order valence-electron chi connectivity index (χ0n) is 8.11. The van der Waals surface area contributed by atoms with Gasteiger partial charge in [0.05, 0.1) is 7.11 Å². The van der Waals surface area contributed by atoms with Gasteiger partial charge in [-0.05, 0) is 22.0 Å². The van der Waals surface area contributed by atoms with Crippen molar-refractivity contribution in [2.75, 3.05) is 7.11 Å². The summed E-state index contributed by atoms with van der Waals surface area (Å²) in [5.74, 6) is -0.471. The van der Waals surface area contributed by atoms with E-state index in [2.05, 4.69) is 20.9 Å². The van der Waals surface area contributed by atoms with Gasteiger partial charge >= 0.3 is 5.97 Å². The van der Waals surface area contributed by atoms with Gasteiger partial charge in [0.25, 0.3) is 0 Å². The maximum absolute atomic E-state index is 10.6. The van der Waals surface area contributed by atoms with Crippen molar-refractivity contribution in [1.82, 2.24) is 4.98 Å². The first-order valence-electron chi connectivity index (χ1n) is 4.22. The molecule has 0 aliphatic carbocycles. The summed E-state index contributed by atoms with van der Waals surface area (Å²) in [6, 6.07) is 0.702. The van der Waals surface area contributed by atoms with Gasteiger partial charge in [0.1, 0.15) is 16.4 Å². The number of nitrogens with zero attached hydrogens (tertiary/aromatic N) is 1. The second-order valence-electron chi connectivity index (χ2n) is 2.93. The third kappa shape index (κ3) is 2.90. The zero-order chi connectivity index (χ0) is 11.4. The van der Waals surface area contributed by atoms with Gasteiger partial charge in [0, 0.05) is 18.2 Å². The number of halogens is 1. The summed E-state index contributed by atoms with van der Waals surface area (Å²) in [5.41, 5.74) is 6.10. The van der Waals surface area contributed by atoms with Crippen molar-refractivity contribution in [2.45, 2.75) is 12.5 Å². The van der Waals surface area contributed by atoms with Crippen molar-refractivity contribution in [2.24, 2.45) is 5.73 Å². The molecule has 0 saturated carbocycles. The first-order valence-corrected chi connectivity index (χ1v) is 5.01. The van der Waals surface area contributed by atoms with Crippen molar-refractivity contribution in [3.05, 3.63) is 22.4 Å². The molecule has 1 aromatic heterocycles. The molecular formula is C9H11BrN2O3. The minimum absolute atomic E-state index is 0.174. The highest BCUT2D eigenvalue weighted by Gasteiger charge is 2.17. The second-order valence-corrected chi connectivity index (χ2v) is 3.68. The van der Waals surface area contributed by atoms with Crippen LogP contribution in [-0.4, -0.2) is 29.2 Å². The van der Waals surface area contributed by atoms with Gasteiger partial charge in [0.15, 0.2) is 0 Å². The van der Waals surface area contributed by atoms with Gasteiger partial charge in [-0.25, -0.2) is 4.98 Å². The molecule has 5 nitrogen and oxygen atoms in total. The van der Waals surface area contributed by atoms with Crippen LogP contribution in [-0.2, 0) is 11.2 Å². The second kappa shape index (κ2) is 5.09. The number of pyridine rings is 1. The number of aromatic nitrogens is 1. The molecule has 1 unspecified atom stereocenters. The average Bonchev–Trinajstić information content (AvgIpc) is 2.20. The molecule has 6 heteroatoms. The quantitative estimate of drug-likeness (QED) is 0.794. The molecule has 0 radical (unpaired) electrons. The standard InChI is InChI=1S/C9H11BrN2O3/c1-15-7-2-3-12-8(10)5(7)4-6(11)9(13)14/h2-3,6H,4,11H2,1H3,(H,13,14). The van der Waals surface area contributed by atoms with E-state index in [4.69, 9.17) is 15.6 Å². The first kappa shape index (κ1) is 11.9. The number of ether oxygens (including phenoxy) is 1. The summed E-state index contributed by atoms with van der Waals surface area (Å²) >= 11 is 3.23. The fraction of sp³-hybridized carbons (Fsp3) is 0.333. The van der Waals surface area contributed by atoms with Crippen LogP contribution in [0.2, 0.25) is 0 Å². The molecular weight excluding hydrogens is 264 g/mol. The topological polar surface area (TPSA) is 85.4 Å². The van der Waals surface area contributed by atoms with Crippen LogP contribution in [0.4, 0.5) is 0 Å². The Morgan fingerprint density at radius 3 is 3.00 bits per heavy atom. The molecule has 0 fully saturated rings. The first-order chi connectivity index (χ1) is 7.06. The third-order valence-electron chi connectivity index (χ3n) is 1.92. The van der Waals surface area contributed by atoms with Crippen LogP contribution in [0.1, 0.15) is 5.56 Å². The Labute approximate surface area is 95.4 Å². The predicted molar refractivity (Wildman–Crippen MR) is 57.8 cm³/mol. The third-order valence-corrected chi connectivity index (χ3v) is 2.60. The molecule has 0 saturated heterocycles. The van der Waals surface area contributed by atoms with E-state index in [1.54, 1.807) is 12.3 Å². The van der Waals surface area contributed by atoms with Crippen LogP contribution in [0.3, 0.4) is 0 Å². The van der Waals surface area contributed by atoms with E-state index in [1.165, 1.54) is 7.11 Å². The monoisotopic (exact) mass is 274 g/mol. The number of rotatable bonds is 4. The number of carboxylic acids is 1. The fourth-order valence-corrected chi connectivity index (χ4v) is 1.61. The Bertz CT molecular complexity index is 370. The van der Waals surface area contributed by atoms with Gasteiger partial charge < -0.3 is 15.6 Å². The molecule has 0 aromatic carbocycles. The lowest BCUT2D eigenvalue weighted by molar-refractivity contribution is -0.138. The number of hydrogen-bond donors (Lipinski definition) is 2. The van der Waals surface area contributed by atoms with Gasteiger partial charge in [-0.15, -0.1) is 0 Å². The highest BCUT2D eigenvalue weighted by atomic mass is 79.9. The SMILES string of the molecule is COc1ccnc(Br)c1CC(N)C(=O)O. The molecule has 1 aromatic rings. The van der Waals surface area contributed by atoms with E-state index in [-0.39, 0.29) is 6.42 Å². The maximum atomic E-state index is 10.6. The molecule has 0 amide bonds. The molecule has 1 rings (SSSR count). The summed E-state index contributed by atoms with van der Waals surface area (Å²) in [5, 5.41) is 8.70. The van der Waals surface area contributed by atoms with E-state index >= 15 is 0 Å². The minimum Gasteiger partial charge on any atom is -0.496 e. The molecule has 0 spiro atoms. The Balaban J connectivity index is 2.97.